The molecule has 4 nitrogen and oxygen atoms in total. The van der Waals surface area contributed by atoms with E-state index >= 15 is 0 Å². The second kappa shape index (κ2) is 7.84. The summed E-state index contributed by atoms with van der Waals surface area (Å²) in [4.78, 5) is 11.1. The van der Waals surface area contributed by atoms with E-state index < -0.39 is 12.0 Å². The van der Waals surface area contributed by atoms with Crippen molar-refractivity contribution in [2.45, 2.75) is 38.3 Å². The largest absolute Gasteiger partial charge is 0.480 e. The first kappa shape index (κ1) is 14.7. The number of carboxylic acid groups (broad SMARTS) is 1. The maximum Gasteiger partial charge on any atom is 0.320 e. The Balaban J connectivity index is 2.68. The minimum Gasteiger partial charge on any atom is -0.480 e. The minimum absolute atomic E-state index is 0.111. The van der Waals surface area contributed by atoms with Crippen molar-refractivity contribution >= 4 is 5.97 Å². The molecule has 3 N–H and O–H groups in total. The van der Waals surface area contributed by atoms with Gasteiger partial charge in [-0.05, 0) is 12.0 Å². The van der Waals surface area contributed by atoms with Crippen LogP contribution in [0.3, 0.4) is 0 Å². The Labute approximate surface area is 108 Å². The summed E-state index contributed by atoms with van der Waals surface area (Å²) in [6.07, 6.45) is 2.40. The minimum atomic E-state index is -0.863. The van der Waals surface area contributed by atoms with Gasteiger partial charge in [0.05, 0.1) is 12.6 Å². The molecule has 0 fully saturated rings. The van der Waals surface area contributed by atoms with Gasteiger partial charge in [0.25, 0.3) is 0 Å². The van der Waals surface area contributed by atoms with Gasteiger partial charge in [-0.2, -0.15) is 0 Å². The van der Waals surface area contributed by atoms with Crippen LogP contribution in [0.2, 0.25) is 0 Å². The molecule has 1 rings (SSSR count). The fraction of sp³-hybridized carbons (Fsp3) is 0.500. The van der Waals surface area contributed by atoms with E-state index in [1.165, 1.54) is 0 Å². The first-order valence-electron chi connectivity index (χ1n) is 6.33. The van der Waals surface area contributed by atoms with Gasteiger partial charge in [0.15, 0.2) is 0 Å². The van der Waals surface area contributed by atoms with Crippen LogP contribution in [0.1, 0.15) is 37.8 Å². The number of rotatable bonds is 8. The van der Waals surface area contributed by atoms with E-state index in [2.05, 4.69) is 5.32 Å². The van der Waals surface area contributed by atoms with Gasteiger partial charge in [0, 0.05) is 0 Å². The number of hydrogen-bond acceptors (Lipinski definition) is 3. The van der Waals surface area contributed by atoms with Crippen molar-refractivity contribution in [3.8, 4) is 0 Å². The molecule has 0 saturated heterocycles. The van der Waals surface area contributed by atoms with Crippen molar-refractivity contribution in [2.24, 2.45) is 0 Å². The third-order valence-electron chi connectivity index (χ3n) is 2.93. The molecule has 0 aromatic heterocycles. The summed E-state index contributed by atoms with van der Waals surface area (Å²) in [5, 5.41) is 21.5. The molecule has 0 spiro atoms. The van der Waals surface area contributed by atoms with Crippen molar-refractivity contribution in [1.29, 1.82) is 0 Å². The predicted octanol–water partition coefficient (Wildman–Crippen LogP) is 1.95. The van der Waals surface area contributed by atoms with Gasteiger partial charge in [-0.25, -0.2) is 0 Å². The van der Waals surface area contributed by atoms with Crippen LogP contribution in [0.4, 0.5) is 0 Å². The van der Waals surface area contributed by atoms with Crippen molar-refractivity contribution < 1.29 is 15.0 Å². The van der Waals surface area contributed by atoms with Crippen molar-refractivity contribution in [3.63, 3.8) is 0 Å². The highest BCUT2D eigenvalue weighted by Gasteiger charge is 2.21. The Bertz CT molecular complexity index is 353. The lowest BCUT2D eigenvalue weighted by atomic mass is 10.0. The van der Waals surface area contributed by atoms with Crippen LogP contribution in [0.5, 0.6) is 0 Å². The predicted molar refractivity (Wildman–Crippen MR) is 70.4 cm³/mol. The Morgan fingerprint density at radius 3 is 2.50 bits per heavy atom. The van der Waals surface area contributed by atoms with E-state index in [0.29, 0.717) is 6.42 Å². The molecule has 0 aliphatic carbocycles. The van der Waals surface area contributed by atoms with Gasteiger partial charge in [-0.3, -0.25) is 10.1 Å². The van der Waals surface area contributed by atoms with Gasteiger partial charge in [-0.1, -0.05) is 50.1 Å². The maximum absolute atomic E-state index is 11.1. The number of aliphatic carboxylic acids is 1. The summed E-state index contributed by atoms with van der Waals surface area (Å²) in [5.74, 6) is -0.863. The Kier molecular flexibility index (Phi) is 6.39. The highest BCUT2D eigenvalue weighted by Crippen LogP contribution is 2.14. The molecule has 0 radical (unpaired) electrons. The van der Waals surface area contributed by atoms with Crippen LogP contribution >= 0.6 is 0 Å². The molecule has 0 heterocycles. The van der Waals surface area contributed by atoms with Crippen LogP contribution in [0.25, 0.3) is 0 Å². The van der Waals surface area contributed by atoms with Gasteiger partial charge in [-0.15, -0.1) is 0 Å². The van der Waals surface area contributed by atoms with Gasteiger partial charge < -0.3 is 10.2 Å². The molecule has 0 aliphatic rings. The summed E-state index contributed by atoms with van der Waals surface area (Å²) in [5.41, 5.74) is 0.905. The Hall–Kier alpha value is -1.39. The monoisotopic (exact) mass is 251 g/mol. The fourth-order valence-corrected chi connectivity index (χ4v) is 1.87. The highest BCUT2D eigenvalue weighted by atomic mass is 16.4. The SMILES string of the molecule is CCCCC(NC(CO)c1ccccc1)C(=O)O. The van der Waals surface area contributed by atoms with Crippen LogP contribution < -0.4 is 5.32 Å². The Morgan fingerprint density at radius 2 is 2.00 bits per heavy atom. The molecular weight excluding hydrogens is 230 g/mol. The number of benzene rings is 1. The summed E-state index contributed by atoms with van der Waals surface area (Å²) < 4.78 is 0. The molecule has 100 valence electrons. The first-order valence-corrected chi connectivity index (χ1v) is 6.33. The smallest absolute Gasteiger partial charge is 0.320 e. The topological polar surface area (TPSA) is 69.6 Å². The van der Waals surface area contributed by atoms with Crippen molar-refractivity contribution in [2.75, 3.05) is 6.61 Å². The summed E-state index contributed by atoms with van der Waals surface area (Å²) in [6, 6.07) is 8.47. The Morgan fingerprint density at radius 1 is 1.33 bits per heavy atom. The zero-order valence-corrected chi connectivity index (χ0v) is 10.7. The van der Waals surface area contributed by atoms with E-state index in [-0.39, 0.29) is 12.6 Å². The summed E-state index contributed by atoms with van der Waals surface area (Å²) in [6.45, 7) is 1.92. The number of hydrogen-bond donors (Lipinski definition) is 3. The zero-order chi connectivity index (χ0) is 13.4. The highest BCUT2D eigenvalue weighted by molar-refractivity contribution is 5.73. The second-order valence-electron chi connectivity index (χ2n) is 4.35. The fourth-order valence-electron chi connectivity index (χ4n) is 1.87. The third kappa shape index (κ3) is 4.47. The lowest BCUT2D eigenvalue weighted by Gasteiger charge is -2.22. The summed E-state index contributed by atoms with van der Waals surface area (Å²) >= 11 is 0. The number of unbranched alkanes of at least 4 members (excludes halogenated alkanes) is 1. The quantitative estimate of drug-likeness (QED) is 0.660. The van der Waals surface area contributed by atoms with Crippen molar-refractivity contribution in [1.82, 2.24) is 5.32 Å². The van der Waals surface area contributed by atoms with Crippen LogP contribution in [0.15, 0.2) is 30.3 Å². The number of nitrogens with one attached hydrogen (secondary N) is 1. The van der Waals surface area contributed by atoms with Crippen LogP contribution in [-0.2, 0) is 4.79 Å². The third-order valence-corrected chi connectivity index (χ3v) is 2.93. The summed E-state index contributed by atoms with van der Waals surface area (Å²) in [7, 11) is 0. The van der Waals surface area contributed by atoms with Crippen molar-refractivity contribution in [3.05, 3.63) is 35.9 Å². The molecule has 0 aliphatic heterocycles. The molecule has 2 atom stereocenters. The van der Waals surface area contributed by atoms with E-state index in [1.807, 2.05) is 37.3 Å². The van der Waals surface area contributed by atoms with E-state index in [1.54, 1.807) is 0 Å². The van der Waals surface area contributed by atoms with Gasteiger partial charge >= 0.3 is 5.97 Å². The maximum atomic E-state index is 11.1. The molecule has 1 aromatic carbocycles. The standard InChI is InChI=1S/C14H21NO3/c1-2-3-9-12(14(17)18)15-13(10-16)11-7-5-4-6-8-11/h4-8,12-13,15-16H,2-3,9-10H2,1H3,(H,17,18). The number of carboxylic acids is 1. The van der Waals surface area contributed by atoms with E-state index in [4.69, 9.17) is 5.11 Å². The van der Waals surface area contributed by atoms with Gasteiger partial charge in [0.2, 0.25) is 0 Å². The number of aliphatic hydroxyl groups excluding tert-OH is 1. The van der Waals surface area contributed by atoms with E-state index in [0.717, 1.165) is 18.4 Å². The average Bonchev–Trinajstić information content (AvgIpc) is 2.39. The molecule has 1 aromatic rings. The van der Waals surface area contributed by atoms with E-state index in [9.17, 15) is 9.90 Å². The molecule has 0 saturated carbocycles. The number of carbonyl (C=O) groups is 1. The van der Waals surface area contributed by atoms with Crippen LogP contribution in [-0.4, -0.2) is 28.8 Å². The number of aliphatic hydroxyl groups is 1. The molecule has 4 heteroatoms. The molecule has 0 amide bonds. The lowest BCUT2D eigenvalue weighted by Crippen LogP contribution is -2.40. The normalized spacial score (nSPS) is 14.1. The average molecular weight is 251 g/mol. The molecule has 0 bridgehead atoms. The second-order valence-corrected chi connectivity index (χ2v) is 4.35. The zero-order valence-electron chi connectivity index (χ0n) is 10.7. The molecule has 2 unspecified atom stereocenters. The molecule has 18 heavy (non-hydrogen) atoms. The molecular formula is C14H21NO3. The lowest BCUT2D eigenvalue weighted by molar-refractivity contribution is -0.140. The first-order chi connectivity index (χ1) is 8.69. The van der Waals surface area contributed by atoms with Gasteiger partial charge in [0.1, 0.15) is 6.04 Å². The van der Waals surface area contributed by atoms with Crippen LogP contribution in [0, 0.1) is 0 Å².